The highest BCUT2D eigenvalue weighted by atomic mass is 19.4. The molecule has 0 spiro atoms. The lowest BCUT2D eigenvalue weighted by atomic mass is 10.1. The van der Waals surface area contributed by atoms with Gasteiger partial charge in [-0.05, 0) is 24.6 Å². The number of hydrogen-bond acceptors (Lipinski definition) is 0. The fourth-order valence-corrected chi connectivity index (χ4v) is 0.850. The monoisotopic (exact) mass is 208 g/mol. The fraction of sp³-hybridized carbons (Fsp3) is 0.400. The van der Waals surface area contributed by atoms with Gasteiger partial charge in [0.25, 0.3) is 0 Å². The maximum absolute atomic E-state index is 12.6. The van der Waals surface area contributed by atoms with Gasteiger partial charge in [-0.15, -0.1) is 0 Å². The van der Waals surface area contributed by atoms with Crippen molar-refractivity contribution in [2.24, 2.45) is 0 Å². The van der Waals surface area contributed by atoms with Crippen LogP contribution in [-0.2, 0) is 6.18 Å². The Balaban J connectivity index is 0.000000791. The minimum atomic E-state index is -4.60. The lowest BCUT2D eigenvalue weighted by molar-refractivity contribution is -0.140. The maximum Gasteiger partial charge on any atom is 0.419 e. The third kappa shape index (κ3) is 3.36. The lowest BCUT2D eigenvalue weighted by Gasteiger charge is -2.07. The quantitative estimate of drug-likeness (QED) is 0.561. The molecule has 0 aliphatic carbocycles. The first-order valence-corrected chi connectivity index (χ1v) is 4.24. The molecule has 1 rings (SSSR count). The average molecular weight is 208 g/mol. The predicted octanol–water partition coefficient (Wildman–Crippen LogP) is 4.18. The Morgan fingerprint density at radius 2 is 1.57 bits per heavy atom. The first-order valence-electron chi connectivity index (χ1n) is 4.24. The van der Waals surface area contributed by atoms with Crippen LogP contribution in [0.4, 0.5) is 17.6 Å². The summed E-state index contributed by atoms with van der Waals surface area (Å²) in [5, 5.41) is 0. The van der Waals surface area contributed by atoms with E-state index in [2.05, 4.69) is 0 Å². The fourth-order valence-electron chi connectivity index (χ4n) is 0.850. The Kier molecular flexibility index (Phi) is 4.60. The number of benzene rings is 1. The summed E-state index contributed by atoms with van der Waals surface area (Å²) in [5.41, 5.74) is -0.742. The first-order chi connectivity index (χ1) is 6.41. The molecule has 80 valence electrons. The third-order valence-corrected chi connectivity index (χ3v) is 1.43. The second-order valence-electron chi connectivity index (χ2n) is 2.48. The van der Waals surface area contributed by atoms with Gasteiger partial charge in [0.15, 0.2) is 0 Å². The van der Waals surface area contributed by atoms with Crippen LogP contribution in [0.2, 0.25) is 0 Å². The highest BCUT2D eigenvalue weighted by Gasteiger charge is 2.33. The van der Waals surface area contributed by atoms with Gasteiger partial charge in [-0.2, -0.15) is 13.2 Å². The van der Waals surface area contributed by atoms with Gasteiger partial charge in [0, 0.05) is 0 Å². The van der Waals surface area contributed by atoms with Gasteiger partial charge < -0.3 is 0 Å². The van der Waals surface area contributed by atoms with Crippen LogP contribution in [0.15, 0.2) is 18.2 Å². The molecule has 0 saturated carbocycles. The second kappa shape index (κ2) is 4.98. The molecule has 0 unspecified atom stereocenters. The van der Waals surface area contributed by atoms with Crippen LogP contribution in [0.3, 0.4) is 0 Å². The van der Waals surface area contributed by atoms with Gasteiger partial charge in [-0.3, -0.25) is 0 Å². The van der Waals surface area contributed by atoms with Gasteiger partial charge in [0.05, 0.1) is 5.56 Å². The molecular formula is C10H12F4. The van der Waals surface area contributed by atoms with E-state index in [1.54, 1.807) is 0 Å². The van der Waals surface area contributed by atoms with Crippen LogP contribution < -0.4 is 0 Å². The summed E-state index contributed by atoms with van der Waals surface area (Å²) in [6.45, 7) is 5.53. The van der Waals surface area contributed by atoms with Crippen molar-refractivity contribution in [1.82, 2.24) is 0 Å². The summed E-state index contributed by atoms with van der Waals surface area (Å²) in [6.07, 6.45) is -4.60. The molecule has 14 heavy (non-hydrogen) atoms. The van der Waals surface area contributed by atoms with E-state index in [9.17, 15) is 17.6 Å². The van der Waals surface area contributed by atoms with Crippen LogP contribution in [0, 0.1) is 12.7 Å². The zero-order chi connectivity index (χ0) is 11.4. The summed E-state index contributed by atoms with van der Waals surface area (Å²) in [4.78, 5) is 0. The van der Waals surface area contributed by atoms with Crippen LogP contribution >= 0.6 is 0 Å². The lowest BCUT2D eigenvalue weighted by Crippen LogP contribution is -2.07. The van der Waals surface area contributed by atoms with Gasteiger partial charge in [-0.1, -0.05) is 19.9 Å². The molecule has 0 bridgehead atoms. The number of alkyl halides is 3. The summed E-state index contributed by atoms with van der Waals surface area (Å²) in [7, 11) is 0. The highest BCUT2D eigenvalue weighted by Crippen LogP contribution is 2.31. The smallest absolute Gasteiger partial charge is 0.206 e. The van der Waals surface area contributed by atoms with Crippen LogP contribution in [0.25, 0.3) is 0 Å². The number of halogens is 4. The first kappa shape index (κ1) is 12.9. The Bertz CT molecular complexity index is 289. The molecule has 1 aromatic rings. The maximum atomic E-state index is 12.6. The third-order valence-electron chi connectivity index (χ3n) is 1.43. The molecule has 0 radical (unpaired) electrons. The molecule has 4 heteroatoms. The van der Waals surface area contributed by atoms with Crippen LogP contribution in [0.1, 0.15) is 25.0 Å². The summed E-state index contributed by atoms with van der Waals surface area (Å²) in [5.74, 6) is -1.22. The average Bonchev–Trinajstić information content (AvgIpc) is 2.05. The Morgan fingerprint density at radius 1 is 1.07 bits per heavy atom. The molecule has 0 aliphatic rings. The molecule has 0 saturated heterocycles. The minimum absolute atomic E-state index is 0.473. The SMILES string of the molecule is CC.Cc1ccc(C(F)(F)F)c(F)c1. The van der Waals surface area contributed by atoms with E-state index in [1.807, 2.05) is 13.8 Å². The molecule has 0 fully saturated rings. The molecule has 0 atom stereocenters. The van der Waals surface area contributed by atoms with Gasteiger partial charge in [0.1, 0.15) is 5.82 Å². The summed E-state index contributed by atoms with van der Waals surface area (Å²) >= 11 is 0. The van der Waals surface area contributed by atoms with Crippen molar-refractivity contribution in [3.8, 4) is 0 Å². The van der Waals surface area contributed by atoms with Crippen molar-refractivity contribution in [3.05, 3.63) is 35.1 Å². The van der Waals surface area contributed by atoms with Crippen molar-refractivity contribution in [2.45, 2.75) is 26.9 Å². The zero-order valence-corrected chi connectivity index (χ0v) is 8.24. The van der Waals surface area contributed by atoms with Crippen molar-refractivity contribution >= 4 is 0 Å². The molecule has 0 amide bonds. The van der Waals surface area contributed by atoms with Gasteiger partial charge in [0.2, 0.25) is 0 Å². The van der Waals surface area contributed by atoms with Crippen molar-refractivity contribution < 1.29 is 17.6 Å². The van der Waals surface area contributed by atoms with Gasteiger partial charge in [-0.25, -0.2) is 4.39 Å². The Hall–Kier alpha value is -1.06. The van der Waals surface area contributed by atoms with E-state index in [1.165, 1.54) is 13.0 Å². The standard InChI is InChI=1S/C8H6F4.C2H6/c1-5-2-3-6(7(9)4-5)8(10,11)12;1-2/h2-4H,1H3;1-2H3. The van der Waals surface area contributed by atoms with E-state index in [-0.39, 0.29) is 0 Å². The molecule has 0 heterocycles. The molecule has 1 aromatic carbocycles. The summed E-state index contributed by atoms with van der Waals surface area (Å²) in [6, 6.07) is 2.83. The van der Waals surface area contributed by atoms with E-state index in [0.717, 1.165) is 12.1 Å². The number of rotatable bonds is 0. The normalized spacial score (nSPS) is 10.5. The van der Waals surface area contributed by atoms with Crippen molar-refractivity contribution in [3.63, 3.8) is 0 Å². The largest absolute Gasteiger partial charge is 0.419 e. The number of aryl methyl sites for hydroxylation is 1. The molecule has 0 N–H and O–H groups in total. The van der Waals surface area contributed by atoms with E-state index in [4.69, 9.17) is 0 Å². The molecular weight excluding hydrogens is 196 g/mol. The van der Waals surface area contributed by atoms with Crippen LogP contribution in [0.5, 0.6) is 0 Å². The predicted molar refractivity (Wildman–Crippen MR) is 47.5 cm³/mol. The zero-order valence-electron chi connectivity index (χ0n) is 8.24. The number of hydrogen-bond donors (Lipinski definition) is 0. The Morgan fingerprint density at radius 3 is 1.93 bits per heavy atom. The molecule has 0 nitrogen and oxygen atoms in total. The van der Waals surface area contributed by atoms with Crippen molar-refractivity contribution in [1.29, 1.82) is 0 Å². The van der Waals surface area contributed by atoms with E-state index < -0.39 is 17.6 Å². The topological polar surface area (TPSA) is 0 Å². The molecule has 0 aliphatic heterocycles. The van der Waals surface area contributed by atoms with E-state index >= 15 is 0 Å². The van der Waals surface area contributed by atoms with E-state index in [0.29, 0.717) is 5.56 Å². The summed E-state index contributed by atoms with van der Waals surface area (Å²) < 4.78 is 48.4. The minimum Gasteiger partial charge on any atom is -0.206 e. The molecule has 0 aromatic heterocycles. The highest BCUT2D eigenvalue weighted by molar-refractivity contribution is 5.25. The van der Waals surface area contributed by atoms with Gasteiger partial charge >= 0.3 is 6.18 Å². The second-order valence-corrected chi connectivity index (χ2v) is 2.48. The van der Waals surface area contributed by atoms with Crippen molar-refractivity contribution in [2.75, 3.05) is 0 Å². The van der Waals surface area contributed by atoms with Crippen LogP contribution in [-0.4, -0.2) is 0 Å². The Labute approximate surface area is 80.6 Å².